The van der Waals surface area contributed by atoms with Crippen LogP contribution in [-0.4, -0.2) is 23.3 Å². The van der Waals surface area contributed by atoms with E-state index in [9.17, 15) is 19.7 Å². The van der Waals surface area contributed by atoms with E-state index in [0.29, 0.717) is 0 Å². The fourth-order valence-corrected chi connectivity index (χ4v) is 2.85. The second-order valence-corrected chi connectivity index (χ2v) is 5.38. The normalized spacial score (nSPS) is 17.2. The molecular weight excluding hydrogens is 328 g/mol. The Hall–Kier alpha value is -3.16. The monoisotopic (exact) mass is 346 g/mol. The van der Waals surface area contributed by atoms with E-state index in [1.54, 1.807) is 13.0 Å². The van der Waals surface area contributed by atoms with Crippen LogP contribution in [0.2, 0.25) is 0 Å². The highest BCUT2D eigenvalue weighted by atomic mass is 16.6. The van der Waals surface area contributed by atoms with Crippen molar-refractivity contribution in [1.29, 1.82) is 0 Å². The summed E-state index contributed by atoms with van der Waals surface area (Å²) < 4.78 is 10.3. The lowest BCUT2D eigenvalue weighted by Crippen LogP contribution is -2.29. The molecule has 0 saturated carbocycles. The molecule has 25 heavy (non-hydrogen) atoms. The fourth-order valence-electron chi connectivity index (χ4n) is 2.85. The third-order valence-corrected chi connectivity index (χ3v) is 3.80. The zero-order valence-corrected chi connectivity index (χ0v) is 14.1. The van der Waals surface area contributed by atoms with Crippen LogP contribution in [0.3, 0.4) is 0 Å². The number of esters is 1. The first kappa shape index (κ1) is 18.2. The van der Waals surface area contributed by atoms with E-state index in [1.807, 2.05) is 0 Å². The van der Waals surface area contributed by atoms with Gasteiger partial charge >= 0.3 is 5.97 Å². The molecular formula is C17H18N2O6. The molecule has 1 heterocycles. The average molecular weight is 346 g/mol. The highest BCUT2D eigenvalue weighted by Gasteiger charge is 2.40. The topological polar surface area (TPSA) is 122 Å². The molecule has 8 heteroatoms. The van der Waals surface area contributed by atoms with E-state index in [-0.39, 0.29) is 46.4 Å². The van der Waals surface area contributed by atoms with E-state index in [4.69, 9.17) is 15.2 Å². The lowest BCUT2D eigenvalue weighted by Gasteiger charge is -2.28. The number of rotatable bonds is 5. The van der Waals surface area contributed by atoms with Crippen molar-refractivity contribution >= 4 is 17.4 Å². The van der Waals surface area contributed by atoms with Crippen LogP contribution in [0.5, 0.6) is 0 Å². The van der Waals surface area contributed by atoms with Gasteiger partial charge in [0.25, 0.3) is 5.69 Å². The van der Waals surface area contributed by atoms with Crippen molar-refractivity contribution in [3.05, 3.63) is 62.7 Å². The van der Waals surface area contributed by atoms with E-state index < -0.39 is 16.8 Å². The van der Waals surface area contributed by atoms with Crippen LogP contribution in [-0.2, 0) is 19.1 Å². The van der Waals surface area contributed by atoms with Gasteiger partial charge in [0.2, 0.25) is 5.88 Å². The van der Waals surface area contributed by atoms with Crippen molar-refractivity contribution < 1.29 is 24.0 Å². The van der Waals surface area contributed by atoms with Crippen molar-refractivity contribution in [2.45, 2.75) is 26.7 Å². The fraction of sp³-hybridized carbons (Fsp3) is 0.294. The molecule has 2 N–H and O–H groups in total. The van der Waals surface area contributed by atoms with Gasteiger partial charge in [0.15, 0.2) is 5.78 Å². The number of carbonyl (C=O) groups excluding carboxylic acids is 2. The Morgan fingerprint density at radius 1 is 1.32 bits per heavy atom. The summed E-state index contributed by atoms with van der Waals surface area (Å²) in [5.74, 6) is -2.23. The van der Waals surface area contributed by atoms with Gasteiger partial charge < -0.3 is 15.2 Å². The maximum absolute atomic E-state index is 12.4. The van der Waals surface area contributed by atoms with Crippen molar-refractivity contribution in [1.82, 2.24) is 0 Å². The molecule has 1 aromatic rings. The third kappa shape index (κ3) is 3.37. The molecule has 0 amide bonds. The number of nitro benzene ring substituents is 1. The molecule has 1 aliphatic heterocycles. The predicted octanol–water partition coefficient (Wildman–Crippen LogP) is 2.31. The summed E-state index contributed by atoms with van der Waals surface area (Å²) in [7, 11) is 0. The molecule has 132 valence electrons. The largest absolute Gasteiger partial charge is 0.462 e. The molecule has 0 spiro atoms. The standard InChI is InChI=1S/C17H18N2O6/c1-4-24-17(21)15-14(11-7-5-6-8-12(11)19(22)23)13(9(2)20)10(3)25-16(15)18/h5-8,14H,4,18H2,1-3H3/t14-/m0/s1. The Labute approximate surface area is 144 Å². The summed E-state index contributed by atoms with van der Waals surface area (Å²) in [4.78, 5) is 35.4. The van der Waals surface area contributed by atoms with Crippen LogP contribution in [0.1, 0.15) is 32.3 Å². The SMILES string of the molecule is CCOC(=O)C1=C(N)OC(C)=C(C(C)=O)[C@@H]1c1ccccc1[N+](=O)[O-]. The zero-order valence-electron chi connectivity index (χ0n) is 14.1. The van der Waals surface area contributed by atoms with Gasteiger partial charge in [0.1, 0.15) is 11.3 Å². The number of Topliss-reactive ketones (excluding diaryl/α,β-unsaturated/α-hetero) is 1. The highest BCUT2D eigenvalue weighted by molar-refractivity contribution is 6.01. The maximum Gasteiger partial charge on any atom is 0.340 e. The van der Waals surface area contributed by atoms with Crippen molar-refractivity contribution in [2.75, 3.05) is 6.61 Å². The number of para-hydroxylation sites is 1. The van der Waals surface area contributed by atoms with Crippen LogP contribution in [0.25, 0.3) is 0 Å². The van der Waals surface area contributed by atoms with Gasteiger partial charge in [0, 0.05) is 17.2 Å². The minimum atomic E-state index is -1.04. The third-order valence-electron chi connectivity index (χ3n) is 3.80. The van der Waals surface area contributed by atoms with E-state index in [0.717, 1.165) is 0 Å². The highest BCUT2D eigenvalue weighted by Crippen LogP contribution is 2.43. The predicted molar refractivity (Wildman–Crippen MR) is 88.1 cm³/mol. The zero-order chi connectivity index (χ0) is 18.7. The van der Waals surface area contributed by atoms with E-state index in [2.05, 4.69) is 0 Å². The van der Waals surface area contributed by atoms with Gasteiger partial charge in [-0.05, 0) is 20.8 Å². The molecule has 0 fully saturated rings. The Balaban J connectivity index is 2.77. The number of hydrogen-bond donors (Lipinski definition) is 1. The number of nitrogens with zero attached hydrogens (tertiary/aromatic N) is 1. The Bertz CT molecular complexity index is 809. The van der Waals surface area contributed by atoms with E-state index in [1.165, 1.54) is 32.0 Å². The Morgan fingerprint density at radius 2 is 1.96 bits per heavy atom. The number of nitro groups is 1. The summed E-state index contributed by atoms with van der Waals surface area (Å²) in [6.07, 6.45) is 0. The number of allylic oxidation sites excluding steroid dienone is 2. The minimum Gasteiger partial charge on any atom is -0.462 e. The van der Waals surface area contributed by atoms with Crippen molar-refractivity contribution in [2.24, 2.45) is 5.73 Å². The van der Waals surface area contributed by atoms with Gasteiger partial charge in [-0.15, -0.1) is 0 Å². The Morgan fingerprint density at radius 3 is 2.52 bits per heavy atom. The number of benzene rings is 1. The number of ketones is 1. The second-order valence-electron chi connectivity index (χ2n) is 5.38. The van der Waals surface area contributed by atoms with Crippen molar-refractivity contribution in [3.8, 4) is 0 Å². The molecule has 0 radical (unpaired) electrons. The first-order valence-corrected chi connectivity index (χ1v) is 7.59. The molecule has 8 nitrogen and oxygen atoms in total. The van der Waals surface area contributed by atoms with Crippen molar-refractivity contribution in [3.63, 3.8) is 0 Å². The molecule has 1 aromatic carbocycles. The minimum absolute atomic E-state index is 0.0807. The molecule has 1 aliphatic rings. The van der Waals surface area contributed by atoms with Gasteiger partial charge in [-0.3, -0.25) is 14.9 Å². The maximum atomic E-state index is 12.4. The van der Waals surface area contributed by atoms with Gasteiger partial charge in [-0.1, -0.05) is 18.2 Å². The van der Waals surface area contributed by atoms with Crippen LogP contribution < -0.4 is 5.73 Å². The molecule has 2 rings (SSSR count). The molecule has 0 unspecified atom stereocenters. The summed E-state index contributed by atoms with van der Waals surface area (Å²) >= 11 is 0. The average Bonchev–Trinajstić information content (AvgIpc) is 2.53. The summed E-state index contributed by atoms with van der Waals surface area (Å²) in [5, 5.41) is 11.4. The second kappa shape index (κ2) is 7.16. The molecule has 0 aliphatic carbocycles. The summed E-state index contributed by atoms with van der Waals surface area (Å²) in [6, 6.07) is 5.87. The van der Waals surface area contributed by atoms with E-state index >= 15 is 0 Å². The van der Waals surface area contributed by atoms with Crippen LogP contribution in [0.4, 0.5) is 5.69 Å². The van der Waals surface area contributed by atoms with Gasteiger partial charge in [-0.25, -0.2) is 4.79 Å². The molecule has 0 bridgehead atoms. The first-order chi connectivity index (χ1) is 11.8. The number of ether oxygens (including phenoxy) is 2. The lowest BCUT2D eigenvalue weighted by atomic mass is 9.80. The smallest absolute Gasteiger partial charge is 0.340 e. The van der Waals surface area contributed by atoms with Crippen LogP contribution in [0.15, 0.2) is 47.1 Å². The summed E-state index contributed by atoms with van der Waals surface area (Å²) in [5.41, 5.74) is 5.82. The molecule has 0 aromatic heterocycles. The van der Waals surface area contributed by atoms with Gasteiger partial charge in [-0.2, -0.15) is 0 Å². The number of hydrogen-bond acceptors (Lipinski definition) is 7. The molecule has 0 saturated heterocycles. The lowest BCUT2D eigenvalue weighted by molar-refractivity contribution is -0.385. The quantitative estimate of drug-likeness (QED) is 0.493. The number of nitrogens with two attached hydrogens (primary N) is 1. The summed E-state index contributed by atoms with van der Waals surface area (Å²) in [6.45, 7) is 4.52. The van der Waals surface area contributed by atoms with Gasteiger partial charge in [0.05, 0.1) is 17.4 Å². The van der Waals surface area contributed by atoms with Crippen LogP contribution in [0, 0.1) is 10.1 Å². The number of carbonyl (C=O) groups is 2. The van der Waals surface area contributed by atoms with Crippen LogP contribution >= 0.6 is 0 Å². The first-order valence-electron chi connectivity index (χ1n) is 7.59. The molecule has 1 atom stereocenters. The Kier molecular flexibility index (Phi) is 5.21.